The molecule has 1 aromatic carbocycles. The van der Waals surface area contributed by atoms with E-state index in [9.17, 15) is 18.0 Å². The van der Waals surface area contributed by atoms with Gasteiger partial charge in [0.1, 0.15) is 5.76 Å². The summed E-state index contributed by atoms with van der Waals surface area (Å²) in [6.07, 6.45) is 0.560. The Hall–Kier alpha value is -2.72. The largest absolute Gasteiger partial charge is 0.361 e. The third-order valence-electron chi connectivity index (χ3n) is 4.35. The molecule has 1 aromatic heterocycles. The molecule has 9 nitrogen and oxygen atoms in total. The van der Waals surface area contributed by atoms with Crippen molar-refractivity contribution >= 4 is 21.8 Å². The highest BCUT2D eigenvalue weighted by Crippen LogP contribution is 2.19. The second-order valence-electron chi connectivity index (χ2n) is 6.46. The van der Waals surface area contributed by atoms with Crippen LogP contribution >= 0.6 is 0 Å². The standard InChI is InChI=1S/C17H20N4O5S/c1-11-8-15(20-26-11)17(23)21-9-13(10-21)16(22)19-7-6-12-2-4-14(5-3-12)27(18,24)25/h2-5,8,13H,6-7,9-10H2,1H3,(H,19,22)(H2,18,24,25). The van der Waals surface area contributed by atoms with Crippen LogP contribution in [0.1, 0.15) is 21.8 Å². The van der Waals surface area contributed by atoms with E-state index in [1.165, 1.54) is 12.1 Å². The van der Waals surface area contributed by atoms with Gasteiger partial charge in [0, 0.05) is 25.7 Å². The number of hydrogen-bond donors (Lipinski definition) is 2. The number of nitrogens with one attached hydrogen (secondary N) is 1. The minimum atomic E-state index is -3.70. The number of nitrogens with zero attached hydrogens (tertiary/aromatic N) is 2. The summed E-state index contributed by atoms with van der Waals surface area (Å²) in [4.78, 5) is 25.9. The zero-order chi connectivity index (χ0) is 19.6. The molecule has 1 aliphatic rings. The highest BCUT2D eigenvalue weighted by atomic mass is 32.2. The van der Waals surface area contributed by atoms with Crippen LogP contribution in [0, 0.1) is 12.8 Å². The maximum atomic E-state index is 12.1. The minimum Gasteiger partial charge on any atom is -0.361 e. The van der Waals surface area contributed by atoms with Crippen LogP contribution in [-0.4, -0.2) is 49.9 Å². The van der Waals surface area contributed by atoms with Crippen LogP contribution in [0.2, 0.25) is 0 Å². The molecule has 2 amide bonds. The summed E-state index contributed by atoms with van der Waals surface area (Å²) in [5.74, 6) is -0.0423. The van der Waals surface area contributed by atoms with Gasteiger partial charge in [-0.05, 0) is 31.0 Å². The summed E-state index contributed by atoms with van der Waals surface area (Å²) in [6.45, 7) is 2.82. The van der Waals surface area contributed by atoms with Gasteiger partial charge in [0.2, 0.25) is 15.9 Å². The smallest absolute Gasteiger partial charge is 0.276 e. The van der Waals surface area contributed by atoms with Crippen molar-refractivity contribution in [1.82, 2.24) is 15.4 Å². The van der Waals surface area contributed by atoms with E-state index in [-0.39, 0.29) is 28.3 Å². The Balaban J connectivity index is 1.41. The van der Waals surface area contributed by atoms with Crippen LogP contribution < -0.4 is 10.5 Å². The number of aryl methyl sites for hydroxylation is 1. The Morgan fingerprint density at radius 1 is 1.30 bits per heavy atom. The number of rotatable bonds is 6. The van der Waals surface area contributed by atoms with Crippen LogP contribution in [0.15, 0.2) is 39.8 Å². The Morgan fingerprint density at radius 3 is 2.52 bits per heavy atom. The second-order valence-corrected chi connectivity index (χ2v) is 8.02. The van der Waals surface area contributed by atoms with Crippen molar-refractivity contribution in [3.63, 3.8) is 0 Å². The molecular weight excluding hydrogens is 372 g/mol. The summed E-state index contributed by atoms with van der Waals surface area (Å²) < 4.78 is 27.3. The first-order valence-corrected chi connectivity index (χ1v) is 9.91. The van der Waals surface area contributed by atoms with E-state index in [1.54, 1.807) is 30.0 Å². The van der Waals surface area contributed by atoms with Gasteiger partial charge in [-0.2, -0.15) is 0 Å². The van der Waals surface area contributed by atoms with E-state index in [0.29, 0.717) is 31.8 Å². The molecular formula is C17H20N4O5S. The lowest BCUT2D eigenvalue weighted by Gasteiger charge is -2.37. The summed E-state index contributed by atoms with van der Waals surface area (Å²) >= 11 is 0. The molecule has 3 rings (SSSR count). The van der Waals surface area contributed by atoms with Gasteiger partial charge < -0.3 is 14.7 Å². The molecule has 2 aromatic rings. The fourth-order valence-corrected chi connectivity index (χ4v) is 3.28. The lowest BCUT2D eigenvalue weighted by Crippen LogP contribution is -2.55. The van der Waals surface area contributed by atoms with Crippen molar-refractivity contribution in [2.75, 3.05) is 19.6 Å². The molecule has 0 radical (unpaired) electrons. The second kappa shape index (κ2) is 7.49. The van der Waals surface area contributed by atoms with E-state index in [2.05, 4.69) is 10.5 Å². The molecule has 27 heavy (non-hydrogen) atoms. The van der Waals surface area contributed by atoms with Gasteiger partial charge in [0.15, 0.2) is 5.69 Å². The molecule has 0 spiro atoms. The number of amides is 2. The quantitative estimate of drug-likeness (QED) is 0.714. The average Bonchev–Trinajstić information content (AvgIpc) is 2.99. The first-order valence-electron chi connectivity index (χ1n) is 8.36. The predicted molar refractivity (Wildman–Crippen MR) is 95.2 cm³/mol. The minimum absolute atomic E-state index is 0.0526. The Labute approximate surface area is 156 Å². The van der Waals surface area contributed by atoms with Gasteiger partial charge >= 0.3 is 0 Å². The Kier molecular flexibility index (Phi) is 5.29. The number of likely N-dealkylation sites (tertiary alicyclic amines) is 1. The van der Waals surface area contributed by atoms with Crippen molar-refractivity contribution in [2.24, 2.45) is 11.1 Å². The van der Waals surface area contributed by atoms with E-state index < -0.39 is 10.0 Å². The average molecular weight is 392 g/mol. The van der Waals surface area contributed by atoms with Gasteiger partial charge in [-0.1, -0.05) is 17.3 Å². The normalized spacial score (nSPS) is 14.7. The number of hydrogen-bond acceptors (Lipinski definition) is 6. The topological polar surface area (TPSA) is 136 Å². The van der Waals surface area contributed by atoms with E-state index in [1.807, 2.05) is 0 Å². The van der Waals surface area contributed by atoms with Crippen LogP contribution in [-0.2, 0) is 21.2 Å². The fourth-order valence-electron chi connectivity index (χ4n) is 2.76. The lowest BCUT2D eigenvalue weighted by molar-refractivity contribution is -0.128. The molecule has 0 saturated carbocycles. The van der Waals surface area contributed by atoms with Crippen LogP contribution in [0.3, 0.4) is 0 Å². The summed E-state index contributed by atoms with van der Waals surface area (Å²) in [7, 11) is -3.70. The molecule has 10 heteroatoms. The van der Waals surface area contributed by atoms with Crippen molar-refractivity contribution in [1.29, 1.82) is 0 Å². The maximum Gasteiger partial charge on any atom is 0.276 e. The van der Waals surface area contributed by atoms with Crippen molar-refractivity contribution in [3.05, 3.63) is 47.3 Å². The zero-order valence-electron chi connectivity index (χ0n) is 14.7. The number of sulfonamides is 1. The van der Waals surface area contributed by atoms with Gasteiger partial charge in [-0.25, -0.2) is 13.6 Å². The van der Waals surface area contributed by atoms with Gasteiger partial charge in [-0.15, -0.1) is 0 Å². The number of primary sulfonamides is 1. The third-order valence-corrected chi connectivity index (χ3v) is 5.28. The van der Waals surface area contributed by atoms with Gasteiger partial charge in [-0.3, -0.25) is 9.59 Å². The molecule has 1 fully saturated rings. The van der Waals surface area contributed by atoms with Crippen LogP contribution in [0.25, 0.3) is 0 Å². The van der Waals surface area contributed by atoms with Crippen molar-refractivity contribution in [3.8, 4) is 0 Å². The molecule has 0 unspecified atom stereocenters. The van der Waals surface area contributed by atoms with Gasteiger partial charge in [0.25, 0.3) is 5.91 Å². The van der Waals surface area contributed by atoms with Crippen LogP contribution in [0.5, 0.6) is 0 Å². The maximum absolute atomic E-state index is 12.1. The highest BCUT2D eigenvalue weighted by Gasteiger charge is 2.36. The third kappa shape index (κ3) is 4.52. The van der Waals surface area contributed by atoms with Crippen molar-refractivity contribution in [2.45, 2.75) is 18.2 Å². The van der Waals surface area contributed by atoms with E-state index in [4.69, 9.17) is 9.66 Å². The van der Waals surface area contributed by atoms with Crippen molar-refractivity contribution < 1.29 is 22.5 Å². The van der Waals surface area contributed by atoms with Crippen LogP contribution in [0.4, 0.5) is 0 Å². The summed E-state index contributed by atoms with van der Waals surface area (Å²) in [5.41, 5.74) is 1.13. The highest BCUT2D eigenvalue weighted by molar-refractivity contribution is 7.89. The molecule has 0 aliphatic carbocycles. The molecule has 0 bridgehead atoms. The summed E-state index contributed by atoms with van der Waals surface area (Å²) in [6, 6.07) is 7.77. The van der Waals surface area contributed by atoms with Gasteiger partial charge in [0.05, 0.1) is 10.8 Å². The molecule has 2 heterocycles. The fraction of sp³-hybridized carbons (Fsp3) is 0.353. The number of benzene rings is 1. The van der Waals surface area contributed by atoms with E-state index >= 15 is 0 Å². The summed E-state index contributed by atoms with van der Waals surface area (Å²) in [5, 5.41) is 11.6. The number of carbonyl (C=O) groups is 2. The number of nitrogens with two attached hydrogens (primary N) is 1. The first-order chi connectivity index (χ1) is 12.7. The Bertz CT molecular complexity index is 946. The predicted octanol–water partition coefficient (Wildman–Crippen LogP) is 0.0613. The molecule has 1 saturated heterocycles. The number of carbonyl (C=O) groups excluding carboxylic acids is 2. The monoisotopic (exact) mass is 392 g/mol. The first kappa shape index (κ1) is 19.1. The molecule has 0 atom stereocenters. The molecule has 1 aliphatic heterocycles. The number of aromatic nitrogens is 1. The molecule has 3 N–H and O–H groups in total. The zero-order valence-corrected chi connectivity index (χ0v) is 15.5. The SMILES string of the molecule is Cc1cc(C(=O)N2CC(C(=O)NCCc3ccc(S(N)(=O)=O)cc3)C2)no1. The Morgan fingerprint density at radius 2 is 1.96 bits per heavy atom. The molecule has 144 valence electrons. The van der Waals surface area contributed by atoms with E-state index in [0.717, 1.165) is 5.56 Å². The lowest BCUT2D eigenvalue weighted by atomic mass is 9.98.